The fourth-order valence-electron chi connectivity index (χ4n) is 1.69. The van der Waals surface area contributed by atoms with Gasteiger partial charge in [-0.05, 0) is 18.6 Å². The van der Waals surface area contributed by atoms with Crippen molar-refractivity contribution in [1.82, 2.24) is 9.88 Å². The lowest BCUT2D eigenvalue weighted by atomic mass is 10.2. The Morgan fingerprint density at radius 1 is 1.47 bits per heavy atom. The van der Waals surface area contributed by atoms with E-state index in [1.165, 1.54) is 0 Å². The van der Waals surface area contributed by atoms with E-state index in [1.54, 1.807) is 22.9 Å². The van der Waals surface area contributed by atoms with Gasteiger partial charge in [-0.3, -0.25) is 9.59 Å². The van der Waals surface area contributed by atoms with Crippen molar-refractivity contribution < 1.29 is 19.5 Å². The van der Waals surface area contributed by atoms with Crippen LogP contribution in [0.1, 0.15) is 30.3 Å². The Labute approximate surface area is 110 Å². The van der Waals surface area contributed by atoms with Gasteiger partial charge in [0.05, 0.1) is 6.42 Å². The molecule has 0 saturated carbocycles. The molecule has 1 aromatic rings. The first-order valence-electron chi connectivity index (χ1n) is 5.92. The second-order valence-electron chi connectivity index (χ2n) is 4.12. The van der Waals surface area contributed by atoms with Crippen LogP contribution in [0.5, 0.6) is 0 Å². The van der Waals surface area contributed by atoms with E-state index in [2.05, 4.69) is 5.32 Å². The van der Waals surface area contributed by atoms with E-state index < -0.39 is 30.2 Å². The summed E-state index contributed by atoms with van der Waals surface area (Å²) < 4.78 is 1.72. The second-order valence-corrected chi connectivity index (χ2v) is 4.12. The summed E-state index contributed by atoms with van der Waals surface area (Å²) in [5, 5.41) is 11.2. The zero-order chi connectivity index (χ0) is 14.4. The quantitative estimate of drug-likeness (QED) is 0.642. The van der Waals surface area contributed by atoms with Crippen molar-refractivity contribution in [3.63, 3.8) is 0 Å². The number of rotatable bonds is 7. The molecule has 1 rings (SSSR count). The van der Waals surface area contributed by atoms with E-state index in [4.69, 9.17) is 10.8 Å². The molecule has 0 radical (unpaired) electrons. The molecule has 0 aliphatic carbocycles. The molecule has 7 heteroatoms. The van der Waals surface area contributed by atoms with Gasteiger partial charge in [-0.25, -0.2) is 4.79 Å². The minimum Gasteiger partial charge on any atom is -0.480 e. The highest BCUT2D eigenvalue weighted by atomic mass is 16.4. The van der Waals surface area contributed by atoms with Gasteiger partial charge < -0.3 is 20.7 Å². The predicted octanol–water partition coefficient (Wildman–Crippen LogP) is -0.0435. The molecule has 2 amide bonds. The van der Waals surface area contributed by atoms with Gasteiger partial charge in [-0.1, -0.05) is 6.92 Å². The van der Waals surface area contributed by atoms with E-state index in [1.807, 2.05) is 6.92 Å². The number of hydrogen-bond acceptors (Lipinski definition) is 3. The lowest BCUT2D eigenvalue weighted by Gasteiger charge is -2.14. The number of aliphatic carboxylic acids is 1. The molecule has 0 fully saturated rings. The monoisotopic (exact) mass is 267 g/mol. The van der Waals surface area contributed by atoms with E-state index in [-0.39, 0.29) is 0 Å². The van der Waals surface area contributed by atoms with Crippen LogP contribution >= 0.6 is 0 Å². The number of nitrogens with two attached hydrogens (primary N) is 1. The molecule has 1 unspecified atom stereocenters. The summed E-state index contributed by atoms with van der Waals surface area (Å²) >= 11 is 0. The average Bonchev–Trinajstić information content (AvgIpc) is 2.76. The lowest BCUT2D eigenvalue weighted by molar-refractivity contribution is -0.140. The number of carboxylic acids is 1. The number of carboxylic acid groups (broad SMARTS) is 1. The molecule has 0 saturated heterocycles. The summed E-state index contributed by atoms with van der Waals surface area (Å²) in [6.07, 6.45) is 2.15. The molecule has 0 aliphatic rings. The number of aromatic nitrogens is 1. The van der Waals surface area contributed by atoms with Crippen LogP contribution in [0.4, 0.5) is 0 Å². The zero-order valence-electron chi connectivity index (χ0n) is 10.6. The van der Waals surface area contributed by atoms with Gasteiger partial charge in [-0.15, -0.1) is 0 Å². The van der Waals surface area contributed by atoms with Crippen LogP contribution < -0.4 is 11.1 Å². The molecule has 4 N–H and O–H groups in total. The molecule has 104 valence electrons. The summed E-state index contributed by atoms with van der Waals surface area (Å²) in [6.45, 7) is 2.62. The van der Waals surface area contributed by atoms with Gasteiger partial charge in [0.2, 0.25) is 5.91 Å². The Balaban J connectivity index is 2.78. The van der Waals surface area contributed by atoms with E-state index in [0.29, 0.717) is 12.2 Å². The lowest BCUT2D eigenvalue weighted by Crippen LogP contribution is -2.43. The van der Waals surface area contributed by atoms with Crippen molar-refractivity contribution in [1.29, 1.82) is 0 Å². The highest BCUT2D eigenvalue weighted by Crippen LogP contribution is 2.05. The molecule has 0 bridgehead atoms. The number of carbonyl (C=O) groups is 3. The maximum atomic E-state index is 12.0. The number of nitrogens with one attached hydrogen (secondary N) is 1. The smallest absolute Gasteiger partial charge is 0.326 e. The number of primary amides is 1. The first kappa shape index (κ1) is 14.7. The van der Waals surface area contributed by atoms with E-state index in [9.17, 15) is 14.4 Å². The van der Waals surface area contributed by atoms with Crippen molar-refractivity contribution in [2.75, 3.05) is 0 Å². The maximum Gasteiger partial charge on any atom is 0.326 e. The van der Waals surface area contributed by atoms with Crippen LogP contribution in [0.2, 0.25) is 0 Å². The van der Waals surface area contributed by atoms with Crippen LogP contribution in [-0.4, -0.2) is 33.5 Å². The fraction of sp³-hybridized carbons (Fsp3) is 0.417. The van der Waals surface area contributed by atoms with Gasteiger partial charge >= 0.3 is 5.97 Å². The third-order valence-corrected chi connectivity index (χ3v) is 2.54. The highest BCUT2D eigenvalue weighted by molar-refractivity contribution is 5.96. The Hall–Kier alpha value is -2.31. The van der Waals surface area contributed by atoms with Crippen LogP contribution in [0.15, 0.2) is 18.3 Å². The first-order valence-corrected chi connectivity index (χ1v) is 5.92. The molecule has 7 nitrogen and oxygen atoms in total. The van der Waals surface area contributed by atoms with Crippen molar-refractivity contribution in [3.05, 3.63) is 24.0 Å². The topological polar surface area (TPSA) is 114 Å². The second kappa shape index (κ2) is 6.58. The summed E-state index contributed by atoms with van der Waals surface area (Å²) in [6, 6.07) is 1.98. The van der Waals surface area contributed by atoms with Gasteiger partial charge in [0.15, 0.2) is 0 Å². The fourth-order valence-corrected chi connectivity index (χ4v) is 1.69. The Kier molecular flexibility index (Phi) is 5.11. The zero-order valence-corrected chi connectivity index (χ0v) is 10.6. The van der Waals surface area contributed by atoms with Crippen molar-refractivity contribution in [2.45, 2.75) is 32.4 Å². The molecule has 0 aromatic carbocycles. The van der Waals surface area contributed by atoms with Crippen molar-refractivity contribution >= 4 is 17.8 Å². The average molecular weight is 267 g/mol. The van der Waals surface area contributed by atoms with Crippen molar-refractivity contribution in [2.24, 2.45) is 5.73 Å². The third kappa shape index (κ3) is 4.13. The number of amides is 2. The number of nitrogens with zero attached hydrogens (tertiary/aromatic N) is 1. The van der Waals surface area contributed by atoms with E-state index >= 15 is 0 Å². The van der Waals surface area contributed by atoms with Crippen LogP contribution in [0.3, 0.4) is 0 Å². The minimum absolute atomic E-state index is 0.359. The first-order chi connectivity index (χ1) is 8.95. The normalized spacial score (nSPS) is 11.8. The third-order valence-electron chi connectivity index (χ3n) is 2.54. The van der Waals surface area contributed by atoms with Crippen molar-refractivity contribution in [3.8, 4) is 0 Å². The number of hydrogen-bond donors (Lipinski definition) is 3. The number of aryl methyl sites for hydroxylation is 1. The van der Waals surface area contributed by atoms with Crippen LogP contribution in [0.25, 0.3) is 0 Å². The van der Waals surface area contributed by atoms with Gasteiger partial charge in [0, 0.05) is 12.7 Å². The Morgan fingerprint density at radius 2 is 2.16 bits per heavy atom. The molecule has 1 heterocycles. The Bertz CT molecular complexity index is 481. The molecule has 0 spiro atoms. The molecule has 1 aromatic heterocycles. The number of carbonyl (C=O) groups excluding carboxylic acids is 2. The van der Waals surface area contributed by atoms with Crippen LogP contribution in [-0.2, 0) is 16.1 Å². The van der Waals surface area contributed by atoms with E-state index in [0.717, 1.165) is 6.42 Å². The summed E-state index contributed by atoms with van der Waals surface area (Å²) in [5.74, 6) is -2.61. The molecule has 1 atom stereocenters. The maximum absolute atomic E-state index is 12.0. The molecule has 19 heavy (non-hydrogen) atoms. The van der Waals surface area contributed by atoms with Gasteiger partial charge in [0.1, 0.15) is 11.7 Å². The molecular weight excluding hydrogens is 250 g/mol. The summed E-state index contributed by atoms with van der Waals surface area (Å²) in [5.41, 5.74) is 5.30. The summed E-state index contributed by atoms with van der Waals surface area (Å²) in [4.78, 5) is 33.6. The predicted molar refractivity (Wildman–Crippen MR) is 67.4 cm³/mol. The highest BCUT2D eigenvalue weighted by Gasteiger charge is 2.23. The SMILES string of the molecule is CCCn1cccc1C(=O)NC(CC(N)=O)C(=O)O. The van der Waals surface area contributed by atoms with Gasteiger partial charge in [0.25, 0.3) is 5.91 Å². The molecule has 0 aliphatic heterocycles. The van der Waals surface area contributed by atoms with Crippen LogP contribution in [0, 0.1) is 0 Å². The molecular formula is C12H17N3O4. The summed E-state index contributed by atoms with van der Waals surface area (Å²) in [7, 11) is 0. The Morgan fingerprint density at radius 3 is 2.68 bits per heavy atom. The largest absolute Gasteiger partial charge is 0.480 e. The van der Waals surface area contributed by atoms with Gasteiger partial charge in [-0.2, -0.15) is 0 Å². The standard InChI is InChI=1S/C12H17N3O4/c1-2-5-15-6-3-4-9(15)11(17)14-8(12(18)19)7-10(13)16/h3-4,6,8H,2,5,7H2,1H3,(H2,13,16)(H,14,17)(H,18,19). The minimum atomic E-state index is -1.31.